The molecule has 0 heterocycles. The van der Waals surface area contributed by atoms with Crippen LogP contribution in [0.3, 0.4) is 0 Å². The molecule has 0 spiro atoms. The largest absolute Gasteiger partial charge is 0.387 e. The number of fused-ring (bicyclic) bond motifs is 1. The maximum Gasteiger partial charge on any atom is 0.211 e. The second-order valence-corrected chi connectivity index (χ2v) is 6.76. The summed E-state index contributed by atoms with van der Waals surface area (Å²) in [7, 11) is -3.54. The monoisotopic (exact) mass is 311 g/mol. The van der Waals surface area contributed by atoms with Gasteiger partial charge in [0.15, 0.2) is 0 Å². The van der Waals surface area contributed by atoms with Crippen molar-refractivity contribution in [1.82, 2.24) is 4.72 Å². The van der Waals surface area contributed by atoms with E-state index in [1.54, 1.807) is 6.07 Å². The molecule has 0 saturated heterocycles. The van der Waals surface area contributed by atoms with Crippen molar-refractivity contribution < 1.29 is 17.9 Å². The fourth-order valence-electron chi connectivity index (χ4n) is 2.06. The molecule has 1 atom stereocenters. The van der Waals surface area contributed by atoms with Gasteiger partial charge in [-0.05, 0) is 28.8 Å². The maximum atomic E-state index is 12.0. The summed E-state index contributed by atoms with van der Waals surface area (Å²) in [4.78, 5) is 0. The molecule has 2 rings (SSSR count). The van der Waals surface area contributed by atoms with Gasteiger partial charge in [-0.2, -0.15) is 0 Å². The van der Waals surface area contributed by atoms with E-state index < -0.39 is 22.8 Å². The minimum Gasteiger partial charge on any atom is -0.387 e. The van der Waals surface area contributed by atoms with Crippen molar-refractivity contribution in [2.24, 2.45) is 0 Å². The fraction of sp³-hybridized carbons (Fsp3) is 0.333. The van der Waals surface area contributed by atoms with Gasteiger partial charge in [0.25, 0.3) is 0 Å². The highest BCUT2D eigenvalue weighted by Gasteiger charge is 2.14. The molecule has 0 amide bonds. The second kappa shape index (κ2) is 6.98. The molecule has 0 fully saturated rings. The van der Waals surface area contributed by atoms with Gasteiger partial charge in [0.05, 0.1) is 18.5 Å². The number of nitrogens with one attached hydrogen (secondary N) is 1. The number of hydrogen-bond donors (Lipinski definition) is 2. The normalized spacial score (nSPS) is 13.4. The third kappa shape index (κ3) is 4.49. The molecule has 1 unspecified atom stereocenters. The van der Waals surface area contributed by atoms with E-state index in [0.29, 0.717) is 5.56 Å². The zero-order valence-corrected chi connectivity index (χ0v) is 12.3. The van der Waals surface area contributed by atoms with Gasteiger partial charge in [-0.15, -0.1) is 0 Å². The van der Waals surface area contributed by atoms with Crippen LogP contribution in [0, 0.1) is 0 Å². The fourth-order valence-corrected chi connectivity index (χ4v) is 3.10. The Morgan fingerprint density at radius 1 is 1.14 bits per heavy atom. The Bertz CT molecular complexity index is 703. The molecule has 0 aliphatic heterocycles. The van der Waals surface area contributed by atoms with E-state index in [4.69, 9.17) is 0 Å². The van der Waals surface area contributed by atoms with Crippen molar-refractivity contribution in [3.05, 3.63) is 48.0 Å². The molecular weight excluding hydrogens is 293 g/mol. The molecule has 2 N–H and O–H groups in total. The third-order valence-corrected chi connectivity index (χ3v) is 4.63. The topological polar surface area (TPSA) is 66.4 Å². The van der Waals surface area contributed by atoms with E-state index in [-0.39, 0.29) is 18.7 Å². The minimum absolute atomic E-state index is 0.0403. The van der Waals surface area contributed by atoms with E-state index >= 15 is 0 Å². The van der Waals surface area contributed by atoms with E-state index in [1.165, 1.54) is 0 Å². The summed E-state index contributed by atoms with van der Waals surface area (Å²) < 4.78 is 37.4. The highest BCUT2D eigenvalue weighted by atomic mass is 32.2. The Hall–Kier alpha value is -1.50. The highest BCUT2D eigenvalue weighted by Crippen LogP contribution is 2.20. The molecule has 2 aromatic carbocycles. The minimum atomic E-state index is -3.54. The van der Waals surface area contributed by atoms with Crippen molar-refractivity contribution >= 4 is 20.8 Å². The molecule has 0 bridgehead atoms. The Labute approximate surface area is 123 Å². The number of sulfonamides is 1. The third-order valence-electron chi connectivity index (χ3n) is 3.20. The molecule has 0 aliphatic carbocycles. The van der Waals surface area contributed by atoms with E-state index in [2.05, 4.69) is 4.72 Å². The number of aliphatic hydroxyl groups excluding tert-OH is 1. The Morgan fingerprint density at radius 2 is 1.86 bits per heavy atom. The number of alkyl halides is 1. The van der Waals surface area contributed by atoms with Gasteiger partial charge in [-0.3, -0.25) is 4.39 Å². The summed E-state index contributed by atoms with van der Waals surface area (Å²) in [5, 5.41) is 12.1. The van der Waals surface area contributed by atoms with Gasteiger partial charge in [-0.1, -0.05) is 36.4 Å². The van der Waals surface area contributed by atoms with Crippen LogP contribution >= 0.6 is 0 Å². The Kier molecular flexibility index (Phi) is 5.27. The molecule has 0 aliphatic rings. The number of benzene rings is 2. The standard InChI is InChI=1S/C15H18FNO3S/c16-8-3-9-21(19,20)17-11-15(18)14-7-6-12-4-1-2-5-13(12)10-14/h1-2,4-7,10,15,17-18H,3,8-9,11H2. The summed E-state index contributed by atoms with van der Waals surface area (Å²) in [6.45, 7) is -0.791. The van der Waals surface area contributed by atoms with Crippen LogP contribution in [0.15, 0.2) is 42.5 Å². The van der Waals surface area contributed by atoms with Gasteiger partial charge in [-0.25, -0.2) is 13.1 Å². The number of rotatable bonds is 7. The van der Waals surface area contributed by atoms with Gasteiger partial charge in [0.1, 0.15) is 0 Å². The van der Waals surface area contributed by atoms with E-state index in [9.17, 15) is 17.9 Å². The molecular formula is C15H18FNO3S. The molecule has 6 heteroatoms. The lowest BCUT2D eigenvalue weighted by atomic mass is 10.0. The second-order valence-electron chi connectivity index (χ2n) is 4.83. The van der Waals surface area contributed by atoms with Crippen molar-refractivity contribution in [1.29, 1.82) is 0 Å². The van der Waals surface area contributed by atoms with Crippen molar-refractivity contribution in [3.8, 4) is 0 Å². The van der Waals surface area contributed by atoms with Crippen molar-refractivity contribution in [3.63, 3.8) is 0 Å². The average Bonchev–Trinajstić information content (AvgIpc) is 2.50. The Morgan fingerprint density at radius 3 is 2.57 bits per heavy atom. The summed E-state index contributed by atoms with van der Waals surface area (Å²) in [5.74, 6) is -0.270. The predicted molar refractivity (Wildman–Crippen MR) is 81.3 cm³/mol. The average molecular weight is 311 g/mol. The summed E-state index contributed by atoms with van der Waals surface area (Å²) in [5.41, 5.74) is 0.641. The van der Waals surface area contributed by atoms with Crippen molar-refractivity contribution in [2.75, 3.05) is 19.0 Å². The smallest absolute Gasteiger partial charge is 0.211 e. The first-order chi connectivity index (χ1) is 10.0. The molecule has 4 nitrogen and oxygen atoms in total. The number of aliphatic hydroxyl groups is 1. The zero-order valence-electron chi connectivity index (χ0n) is 11.5. The number of hydrogen-bond acceptors (Lipinski definition) is 3. The molecule has 0 saturated carbocycles. The highest BCUT2D eigenvalue weighted by molar-refractivity contribution is 7.89. The van der Waals surface area contributed by atoms with E-state index in [0.717, 1.165) is 10.8 Å². The lowest BCUT2D eigenvalue weighted by Gasteiger charge is -2.13. The van der Waals surface area contributed by atoms with Gasteiger partial charge < -0.3 is 5.11 Å². The van der Waals surface area contributed by atoms with Crippen molar-refractivity contribution in [2.45, 2.75) is 12.5 Å². The van der Waals surface area contributed by atoms with Crippen LogP contribution in [0.4, 0.5) is 4.39 Å². The molecule has 21 heavy (non-hydrogen) atoms. The van der Waals surface area contributed by atoms with Gasteiger partial charge >= 0.3 is 0 Å². The summed E-state index contributed by atoms with van der Waals surface area (Å²) >= 11 is 0. The van der Waals surface area contributed by atoms with Crippen LogP contribution in [0.5, 0.6) is 0 Å². The SMILES string of the molecule is O=S(=O)(CCCF)NCC(O)c1ccc2ccccc2c1. The first-order valence-corrected chi connectivity index (χ1v) is 8.37. The maximum absolute atomic E-state index is 12.0. The van der Waals surface area contributed by atoms with Crippen LogP contribution in [-0.2, 0) is 10.0 Å². The lowest BCUT2D eigenvalue weighted by Crippen LogP contribution is -2.30. The van der Waals surface area contributed by atoms with Gasteiger partial charge in [0.2, 0.25) is 10.0 Å². The predicted octanol–water partition coefficient (Wildman–Crippen LogP) is 2.15. The molecule has 0 radical (unpaired) electrons. The van der Waals surface area contributed by atoms with Crippen LogP contribution < -0.4 is 4.72 Å². The summed E-state index contributed by atoms with van der Waals surface area (Å²) in [6.07, 6.45) is -0.976. The first kappa shape index (κ1) is 15.9. The Balaban J connectivity index is 2.03. The lowest BCUT2D eigenvalue weighted by molar-refractivity contribution is 0.182. The van der Waals surface area contributed by atoms with Crippen LogP contribution in [0.1, 0.15) is 18.1 Å². The zero-order chi connectivity index (χ0) is 15.3. The van der Waals surface area contributed by atoms with Gasteiger partial charge in [0, 0.05) is 6.54 Å². The van der Waals surface area contributed by atoms with Crippen LogP contribution in [0.25, 0.3) is 10.8 Å². The molecule has 114 valence electrons. The molecule has 0 aromatic heterocycles. The first-order valence-electron chi connectivity index (χ1n) is 6.72. The number of halogens is 1. The van der Waals surface area contributed by atoms with Crippen LogP contribution in [-0.4, -0.2) is 32.5 Å². The molecule has 2 aromatic rings. The summed E-state index contributed by atoms with van der Waals surface area (Å²) in [6, 6.07) is 13.2. The quantitative estimate of drug-likeness (QED) is 0.823. The van der Waals surface area contributed by atoms with E-state index in [1.807, 2.05) is 36.4 Å². The van der Waals surface area contributed by atoms with Crippen LogP contribution in [0.2, 0.25) is 0 Å².